The van der Waals surface area contributed by atoms with Crippen molar-refractivity contribution in [3.63, 3.8) is 0 Å². The van der Waals surface area contributed by atoms with E-state index in [0.29, 0.717) is 41.2 Å². The SMILES string of the molecule is CCCOC[C@@H]1CO[C@](Cn2cncn2)(c2cc3cc(Cl)cc(Cl)c3o2)O1. The predicted octanol–water partition coefficient (Wildman–Crippen LogP) is 4.03. The monoisotopic (exact) mass is 411 g/mol. The molecule has 1 aliphatic heterocycles. The number of hydrogen-bond donors (Lipinski definition) is 0. The first-order valence-electron chi connectivity index (χ1n) is 8.70. The molecule has 9 heteroatoms. The van der Waals surface area contributed by atoms with E-state index in [9.17, 15) is 0 Å². The van der Waals surface area contributed by atoms with Crippen LogP contribution in [0.4, 0.5) is 0 Å². The molecule has 1 aliphatic rings. The van der Waals surface area contributed by atoms with Gasteiger partial charge in [-0.2, -0.15) is 5.10 Å². The predicted molar refractivity (Wildman–Crippen MR) is 99.9 cm³/mol. The molecule has 0 spiro atoms. The van der Waals surface area contributed by atoms with Gasteiger partial charge in [-0.25, -0.2) is 9.67 Å². The molecule has 3 aromatic rings. The van der Waals surface area contributed by atoms with E-state index in [-0.39, 0.29) is 12.6 Å². The molecule has 144 valence electrons. The molecule has 0 bridgehead atoms. The second-order valence-electron chi connectivity index (χ2n) is 6.39. The lowest BCUT2D eigenvalue weighted by molar-refractivity contribution is -0.203. The zero-order valence-electron chi connectivity index (χ0n) is 14.7. The molecule has 0 saturated carbocycles. The van der Waals surface area contributed by atoms with Crippen LogP contribution in [0.2, 0.25) is 10.0 Å². The van der Waals surface area contributed by atoms with E-state index in [2.05, 4.69) is 17.0 Å². The third kappa shape index (κ3) is 3.83. The molecule has 27 heavy (non-hydrogen) atoms. The fourth-order valence-electron chi connectivity index (χ4n) is 3.09. The van der Waals surface area contributed by atoms with Gasteiger partial charge in [-0.05, 0) is 24.6 Å². The maximum Gasteiger partial charge on any atom is 0.249 e. The lowest BCUT2D eigenvalue weighted by atomic mass is 10.2. The van der Waals surface area contributed by atoms with Crippen molar-refractivity contribution in [1.82, 2.24) is 14.8 Å². The van der Waals surface area contributed by atoms with Gasteiger partial charge < -0.3 is 18.6 Å². The summed E-state index contributed by atoms with van der Waals surface area (Å²) in [5.41, 5.74) is 0.534. The molecule has 0 amide bonds. The van der Waals surface area contributed by atoms with Crippen molar-refractivity contribution < 1.29 is 18.6 Å². The van der Waals surface area contributed by atoms with Crippen LogP contribution in [0.25, 0.3) is 11.0 Å². The van der Waals surface area contributed by atoms with Gasteiger partial charge in [-0.3, -0.25) is 0 Å². The highest BCUT2D eigenvalue weighted by molar-refractivity contribution is 6.38. The van der Waals surface area contributed by atoms with Gasteiger partial charge in [0.05, 0.1) is 18.2 Å². The second-order valence-corrected chi connectivity index (χ2v) is 7.23. The van der Waals surface area contributed by atoms with Gasteiger partial charge in [-0.1, -0.05) is 30.1 Å². The fraction of sp³-hybridized carbons (Fsp3) is 0.444. The molecule has 4 rings (SSSR count). The van der Waals surface area contributed by atoms with Crippen molar-refractivity contribution in [2.45, 2.75) is 31.8 Å². The summed E-state index contributed by atoms with van der Waals surface area (Å²) in [6, 6.07) is 5.26. The van der Waals surface area contributed by atoms with Crippen LogP contribution in [0.3, 0.4) is 0 Å². The number of rotatable bonds is 7. The topological polar surface area (TPSA) is 71.5 Å². The molecule has 7 nitrogen and oxygen atoms in total. The Morgan fingerprint density at radius 3 is 3.00 bits per heavy atom. The largest absolute Gasteiger partial charge is 0.454 e. The Hall–Kier alpha value is -1.64. The number of aromatic nitrogens is 3. The Morgan fingerprint density at radius 2 is 2.22 bits per heavy atom. The fourth-order valence-corrected chi connectivity index (χ4v) is 3.64. The minimum Gasteiger partial charge on any atom is -0.454 e. The first-order chi connectivity index (χ1) is 13.1. The molecule has 0 aliphatic carbocycles. The highest BCUT2D eigenvalue weighted by Gasteiger charge is 2.47. The van der Waals surface area contributed by atoms with Crippen molar-refractivity contribution >= 4 is 34.2 Å². The summed E-state index contributed by atoms with van der Waals surface area (Å²) in [5.74, 6) is -0.655. The molecule has 1 fully saturated rings. The van der Waals surface area contributed by atoms with E-state index >= 15 is 0 Å². The summed E-state index contributed by atoms with van der Waals surface area (Å²) in [5, 5.41) is 5.90. The van der Waals surface area contributed by atoms with Crippen LogP contribution < -0.4 is 0 Å². The summed E-state index contributed by atoms with van der Waals surface area (Å²) in [6.07, 6.45) is 3.79. The minimum atomic E-state index is -1.15. The zero-order chi connectivity index (χ0) is 18.9. The highest BCUT2D eigenvalue weighted by atomic mass is 35.5. The molecule has 0 radical (unpaired) electrons. The second kappa shape index (κ2) is 7.77. The molecule has 1 aromatic carbocycles. The van der Waals surface area contributed by atoms with Gasteiger partial charge in [-0.15, -0.1) is 0 Å². The Kier molecular flexibility index (Phi) is 5.39. The van der Waals surface area contributed by atoms with Crippen LogP contribution in [0.5, 0.6) is 0 Å². The Morgan fingerprint density at radius 1 is 1.33 bits per heavy atom. The maximum absolute atomic E-state index is 6.28. The Balaban J connectivity index is 1.67. The molecule has 0 N–H and O–H groups in total. The highest BCUT2D eigenvalue weighted by Crippen LogP contribution is 2.40. The molecule has 2 atom stereocenters. The Bertz CT molecular complexity index is 915. The minimum absolute atomic E-state index is 0.215. The van der Waals surface area contributed by atoms with Crippen molar-refractivity contribution in [3.8, 4) is 0 Å². The number of hydrogen-bond acceptors (Lipinski definition) is 6. The van der Waals surface area contributed by atoms with Gasteiger partial charge in [0.2, 0.25) is 5.79 Å². The molecule has 3 heterocycles. The number of benzene rings is 1. The lowest BCUT2D eigenvalue weighted by Gasteiger charge is -2.25. The summed E-state index contributed by atoms with van der Waals surface area (Å²) in [7, 11) is 0. The van der Waals surface area contributed by atoms with Crippen LogP contribution >= 0.6 is 23.2 Å². The molecule has 2 aromatic heterocycles. The summed E-state index contributed by atoms with van der Waals surface area (Å²) in [6.45, 7) is 3.84. The third-order valence-electron chi connectivity index (χ3n) is 4.26. The number of ether oxygens (including phenoxy) is 3. The van der Waals surface area contributed by atoms with Crippen LogP contribution in [-0.4, -0.2) is 40.7 Å². The van der Waals surface area contributed by atoms with Crippen molar-refractivity contribution in [2.24, 2.45) is 0 Å². The third-order valence-corrected chi connectivity index (χ3v) is 4.76. The molecular formula is C18H19Cl2N3O4. The molecular weight excluding hydrogens is 393 g/mol. The van der Waals surface area contributed by atoms with Gasteiger partial charge in [0.25, 0.3) is 0 Å². The van der Waals surface area contributed by atoms with E-state index in [1.165, 1.54) is 6.33 Å². The van der Waals surface area contributed by atoms with Crippen molar-refractivity contribution in [2.75, 3.05) is 19.8 Å². The molecule has 1 saturated heterocycles. The van der Waals surface area contributed by atoms with Gasteiger partial charge in [0.1, 0.15) is 25.3 Å². The smallest absolute Gasteiger partial charge is 0.249 e. The van der Waals surface area contributed by atoms with Gasteiger partial charge in [0.15, 0.2) is 11.3 Å². The average molecular weight is 412 g/mol. The number of halogens is 2. The van der Waals surface area contributed by atoms with Gasteiger partial charge in [0, 0.05) is 17.0 Å². The lowest BCUT2D eigenvalue weighted by Crippen LogP contribution is -2.34. The quantitative estimate of drug-likeness (QED) is 0.546. The average Bonchev–Trinajstić information content (AvgIpc) is 3.36. The molecule has 0 unspecified atom stereocenters. The first kappa shape index (κ1) is 18.7. The van der Waals surface area contributed by atoms with Crippen LogP contribution in [-0.2, 0) is 26.5 Å². The normalized spacial score (nSPS) is 22.7. The zero-order valence-corrected chi connectivity index (χ0v) is 16.2. The van der Waals surface area contributed by atoms with E-state index in [1.807, 2.05) is 6.07 Å². The number of fused-ring (bicyclic) bond motifs is 1. The van der Waals surface area contributed by atoms with Crippen LogP contribution in [0.15, 0.2) is 35.3 Å². The standard InChI is InChI=1S/C18H19Cl2N3O4/c1-2-3-24-7-14-8-25-18(27-14,9-23-11-21-10-22-23)16-5-12-4-13(19)6-15(20)17(12)26-16/h4-6,10-11,14H,2-3,7-9H2,1H3/t14-,18+/m1/s1. The Labute approximate surface area is 166 Å². The number of nitrogens with zero attached hydrogens (tertiary/aromatic N) is 3. The maximum atomic E-state index is 6.28. The number of furan rings is 1. The first-order valence-corrected chi connectivity index (χ1v) is 9.46. The van der Waals surface area contributed by atoms with E-state index in [0.717, 1.165) is 11.8 Å². The van der Waals surface area contributed by atoms with Crippen LogP contribution in [0.1, 0.15) is 19.1 Å². The summed E-state index contributed by atoms with van der Waals surface area (Å²) in [4.78, 5) is 3.98. The van der Waals surface area contributed by atoms with E-state index < -0.39 is 5.79 Å². The van der Waals surface area contributed by atoms with Crippen LogP contribution in [0, 0.1) is 0 Å². The van der Waals surface area contributed by atoms with Crippen molar-refractivity contribution in [3.05, 3.63) is 46.7 Å². The summed E-state index contributed by atoms with van der Waals surface area (Å²) < 4.78 is 25.6. The van der Waals surface area contributed by atoms with Gasteiger partial charge >= 0.3 is 0 Å². The van der Waals surface area contributed by atoms with Crippen molar-refractivity contribution in [1.29, 1.82) is 0 Å². The van der Waals surface area contributed by atoms with E-state index in [1.54, 1.807) is 23.1 Å². The van der Waals surface area contributed by atoms with E-state index in [4.69, 9.17) is 41.8 Å². The summed E-state index contributed by atoms with van der Waals surface area (Å²) >= 11 is 12.4.